The van der Waals surface area contributed by atoms with Crippen LogP contribution in [0.4, 0.5) is 0 Å². The first-order valence-corrected chi connectivity index (χ1v) is 14.8. The number of carbonyl (C=O) groups is 1. The second kappa shape index (κ2) is 9.85. The molecule has 190 valence electrons. The van der Waals surface area contributed by atoms with Gasteiger partial charge in [0.15, 0.2) is 0 Å². The number of carbonyl (C=O) groups excluding carboxylic acids is 1. The van der Waals surface area contributed by atoms with E-state index in [1.54, 1.807) is 6.92 Å². The number of hydrogen-bond donors (Lipinski definition) is 0. The molecule has 0 spiro atoms. The maximum atomic E-state index is 11.5. The highest BCUT2D eigenvalue weighted by Gasteiger charge is 2.60. The third-order valence-corrected chi connectivity index (χ3v) is 12.2. The molecule has 33 heavy (non-hydrogen) atoms. The van der Waals surface area contributed by atoms with E-state index in [0.717, 1.165) is 60.2 Å². The quantitative estimate of drug-likeness (QED) is 0.357. The number of hydrogen-bond acceptors (Lipinski definition) is 2. The van der Waals surface area contributed by atoms with Crippen LogP contribution in [-0.4, -0.2) is 12.1 Å². The fourth-order valence-corrected chi connectivity index (χ4v) is 10.2. The zero-order valence-corrected chi connectivity index (χ0v) is 23.0. The molecular formula is C31H54O2. The van der Waals surface area contributed by atoms with Gasteiger partial charge in [-0.3, -0.25) is 4.79 Å². The third kappa shape index (κ3) is 4.67. The highest BCUT2D eigenvalue weighted by molar-refractivity contribution is 5.66. The van der Waals surface area contributed by atoms with Crippen molar-refractivity contribution < 1.29 is 9.53 Å². The molecule has 0 aromatic heterocycles. The van der Waals surface area contributed by atoms with Crippen molar-refractivity contribution in [3.8, 4) is 0 Å². The summed E-state index contributed by atoms with van der Waals surface area (Å²) < 4.78 is 5.67. The monoisotopic (exact) mass is 458 g/mol. The zero-order valence-electron chi connectivity index (χ0n) is 23.0. The van der Waals surface area contributed by atoms with Crippen LogP contribution in [0, 0.1) is 58.2 Å². The molecule has 2 heteroatoms. The van der Waals surface area contributed by atoms with Gasteiger partial charge in [0, 0.05) is 6.92 Å². The van der Waals surface area contributed by atoms with Gasteiger partial charge in [0.1, 0.15) is 6.10 Å². The van der Waals surface area contributed by atoms with E-state index in [1.165, 1.54) is 64.2 Å². The first-order chi connectivity index (χ1) is 15.6. The minimum absolute atomic E-state index is 0.0875. The Labute approximate surface area is 205 Å². The highest BCUT2D eigenvalue weighted by Crippen LogP contribution is 2.68. The standard InChI is InChI=1S/C31H54O2/c1-8-23(20(2)3)10-9-21(4)27-13-14-28-26-12-11-24-19-25(33-22(5)32)15-17-30(24,6)29(26)16-18-31(27,28)7/h20-21,23-29H,8-19H2,1-7H3/t21-,23+,24+,25-,26+,27+,28-,29+,30+,31-/m1/s1. The Bertz CT molecular complexity index is 684. The lowest BCUT2D eigenvalue weighted by Gasteiger charge is -2.61. The molecule has 4 fully saturated rings. The van der Waals surface area contributed by atoms with E-state index >= 15 is 0 Å². The largest absolute Gasteiger partial charge is 0.463 e. The summed E-state index contributed by atoms with van der Waals surface area (Å²) in [5.41, 5.74) is 1.06. The molecule has 0 aromatic rings. The van der Waals surface area contributed by atoms with Crippen molar-refractivity contribution >= 4 is 5.97 Å². The average molecular weight is 459 g/mol. The number of fused-ring (bicyclic) bond motifs is 5. The van der Waals surface area contributed by atoms with Crippen LogP contribution < -0.4 is 0 Å². The summed E-state index contributed by atoms with van der Waals surface area (Å²) in [7, 11) is 0. The van der Waals surface area contributed by atoms with E-state index in [0.29, 0.717) is 10.8 Å². The molecule has 0 aromatic carbocycles. The first-order valence-electron chi connectivity index (χ1n) is 14.8. The molecule has 0 heterocycles. The lowest BCUT2D eigenvalue weighted by molar-refractivity contribution is -0.160. The number of ether oxygens (including phenoxy) is 1. The van der Waals surface area contributed by atoms with Crippen LogP contribution in [-0.2, 0) is 9.53 Å². The lowest BCUT2D eigenvalue weighted by Crippen LogP contribution is -2.54. The van der Waals surface area contributed by atoms with E-state index in [2.05, 4.69) is 41.5 Å². The highest BCUT2D eigenvalue weighted by atomic mass is 16.5. The van der Waals surface area contributed by atoms with E-state index in [1.807, 2.05) is 0 Å². The maximum absolute atomic E-state index is 11.5. The second-order valence-corrected chi connectivity index (χ2v) is 13.9. The van der Waals surface area contributed by atoms with Gasteiger partial charge in [0.25, 0.3) is 0 Å². The molecule has 0 bridgehead atoms. The zero-order chi connectivity index (χ0) is 24.0. The topological polar surface area (TPSA) is 26.3 Å². The maximum Gasteiger partial charge on any atom is 0.302 e. The average Bonchev–Trinajstić information content (AvgIpc) is 3.11. The van der Waals surface area contributed by atoms with E-state index in [4.69, 9.17) is 4.74 Å². The molecule has 0 radical (unpaired) electrons. The molecule has 0 saturated heterocycles. The lowest BCUT2D eigenvalue weighted by atomic mass is 9.44. The minimum atomic E-state index is -0.0875. The van der Waals surface area contributed by atoms with Crippen LogP contribution in [0.15, 0.2) is 0 Å². The predicted molar refractivity (Wildman–Crippen MR) is 138 cm³/mol. The van der Waals surface area contributed by atoms with Crippen molar-refractivity contribution in [2.45, 2.75) is 132 Å². The summed E-state index contributed by atoms with van der Waals surface area (Å²) >= 11 is 0. The smallest absolute Gasteiger partial charge is 0.302 e. The number of rotatable bonds is 7. The van der Waals surface area contributed by atoms with Crippen molar-refractivity contribution in [3.63, 3.8) is 0 Å². The summed E-state index contributed by atoms with van der Waals surface area (Å²) in [4.78, 5) is 11.5. The van der Waals surface area contributed by atoms with Gasteiger partial charge in [-0.15, -0.1) is 0 Å². The van der Waals surface area contributed by atoms with Crippen LogP contribution in [0.25, 0.3) is 0 Å². The van der Waals surface area contributed by atoms with Crippen molar-refractivity contribution in [2.24, 2.45) is 58.2 Å². The summed E-state index contributed by atoms with van der Waals surface area (Å²) in [6.07, 6.45) is 16.6. The fraction of sp³-hybridized carbons (Fsp3) is 0.968. The van der Waals surface area contributed by atoms with Crippen molar-refractivity contribution in [2.75, 3.05) is 0 Å². The van der Waals surface area contributed by atoms with Gasteiger partial charge in [-0.05, 0) is 122 Å². The molecule has 2 nitrogen and oxygen atoms in total. The summed E-state index contributed by atoms with van der Waals surface area (Å²) in [6.45, 7) is 16.8. The van der Waals surface area contributed by atoms with Gasteiger partial charge in [-0.2, -0.15) is 0 Å². The van der Waals surface area contributed by atoms with Crippen molar-refractivity contribution in [1.82, 2.24) is 0 Å². The van der Waals surface area contributed by atoms with Crippen LogP contribution in [0.1, 0.15) is 126 Å². The predicted octanol–water partition coefficient (Wildman–Crippen LogP) is 8.68. The molecule has 0 N–H and O–H groups in total. The van der Waals surface area contributed by atoms with Gasteiger partial charge in [-0.1, -0.05) is 54.4 Å². The van der Waals surface area contributed by atoms with Gasteiger partial charge in [-0.25, -0.2) is 0 Å². The van der Waals surface area contributed by atoms with Crippen molar-refractivity contribution in [3.05, 3.63) is 0 Å². The Hall–Kier alpha value is -0.530. The summed E-state index contributed by atoms with van der Waals surface area (Å²) in [5, 5.41) is 0. The third-order valence-electron chi connectivity index (χ3n) is 12.2. The van der Waals surface area contributed by atoms with E-state index < -0.39 is 0 Å². The van der Waals surface area contributed by atoms with Crippen molar-refractivity contribution in [1.29, 1.82) is 0 Å². The normalized spacial score (nSPS) is 44.5. The molecule has 4 aliphatic rings. The Morgan fingerprint density at radius 3 is 2.27 bits per heavy atom. The molecule has 4 saturated carbocycles. The SMILES string of the molecule is CC[C@@H](CC[C@@H](C)[C@@H]1CC[C@@H]2[C@@H]3CC[C@H]4C[C@H](OC(C)=O)CC[C@]4(C)[C@H]3CC[C@@]21C)C(C)C. The van der Waals surface area contributed by atoms with Gasteiger partial charge in [0.2, 0.25) is 0 Å². The molecule has 0 unspecified atom stereocenters. The van der Waals surface area contributed by atoms with E-state index in [-0.39, 0.29) is 12.1 Å². The van der Waals surface area contributed by atoms with Gasteiger partial charge < -0.3 is 4.74 Å². The molecule has 4 aliphatic carbocycles. The van der Waals surface area contributed by atoms with Crippen LogP contribution in [0.2, 0.25) is 0 Å². The summed E-state index contributed by atoms with van der Waals surface area (Å²) in [5.74, 6) is 7.06. The Morgan fingerprint density at radius 1 is 0.909 bits per heavy atom. The van der Waals surface area contributed by atoms with Crippen LogP contribution in [0.3, 0.4) is 0 Å². The first kappa shape index (κ1) is 25.6. The van der Waals surface area contributed by atoms with Crippen LogP contribution in [0.5, 0.6) is 0 Å². The number of esters is 1. The molecule has 10 atom stereocenters. The van der Waals surface area contributed by atoms with Gasteiger partial charge in [0.05, 0.1) is 0 Å². The van der Waals surface area contributed by atoms with Crippen LogP contribution >= 0.6 is 0 Å². The summed E-state index contributed by atoms with van der Waals surface area (Å²) in [6, 6.07) is 0. The molecule has 0 amide bonds. The second-order valence-electron chi connectivity index (χ2n) is 13.9. The molecule has 0 aliphatic heterocycles. The Balaban J connectivity index is 1.42. The molecule has 4 rings (SSSR count). The van der Waals surface area contributed by atoms with E-state index in [9.17, 15) is 4.79 Å². The minimum Gasteiger partial charge on any atom is -0.463 e. The Morgan fingerprint density at radius 2 is 1.61 bits per heavy atom. The van der Waals surface area contributed by atoms with Gasteiger partial charge >= 0.3 is 5.97 Å². The molecular weight excluding hydrogens is 404 g/mol. The Kier molecular flexibility index (Phi) is 7.63. The fourth-order valence-electron chi connectivity index (χ4n) is 10.2.